The summed E-state index contributed by atoms with van der Waals surface area (Å²) < 4.78 is 0. The Kier molecular flexibility index (Phi) is 4.05. The van der Waals surface area contributed by atoms with Crippen LogP contribution in [0, 0.1) is 5.92 Å². The summed E-state index contributed by atoms with van der Waals surface area (Å²) in [5.41, 5.74) is 0.952. The highest BCUT2D eigenvalue weighted by atomic mass is 16.4. The van der Waals surface area contributed by atoms with Crippen LogP contribution >= 0.6 is 0 Å². The summed E-state index contributed by atoms with van der Waals surface area (Å²) in [5.74, 6) is -2.60. The maximum atomic E-state index is 11.5. The largest absolute Gasteiger partial charge is 0.481 e. The zero-order valence-corrected chi connectivity index (χ0v) is 9.31. The molecule has 0 heterocycles. The van der Waals surface area contributed by atoms with E-state index in [1.54, 1.807) is 0 Å². The first-order valence-corrected chi connectivity index (χ1v) is 5.10. The van der Waals surface area contributed by atoms with Crippen LogP contribution in [0.5, 0.6) is 0 Å². The van der Waals surface area contributed by atoms with Gasteiger partial charge < -0.3 is 10.4 Å². The van der Waals surface area contributed by atoms with Gasteiger partial charge in [-0.2, -0.15) is 0 Å². The van der Waals surface area contributed by atoms with Gasteiger partial charge in [0.15, 0.2) is 0 Å². The van der Waals surface area contributed by atoms with E-state index in [-0.39, 0.29) is 6.04 Å². The van der Waals surface area contributed by atoms with E-state index in [1.807, 2.05) is 37.3 Å². The fraction of sp³-hybridized carbons (Fsp3) is 0.333. The van der Waals surface area contributed by atoms with Crippen molar-refractivity contribution >= 4 is 11.9 Å². The van der Waals surface area contributed by atoms with Gasteiger partial charge in [0.05, 0.1) is 6.04 Å². The number of carbonyl (C=O) groups excluding carboxylic acids is 1. The van der Waals surface area contributed by atoms with Crippen molar-refractivity contribution < 1.29 is 14.7 Å². The van der Waals surface area contributed by atoms with Crippen LogP contribution in [0.2, 0.25) is 0 Å². The molecule has 1 rings (SSSR count). The van der Waals surface area contributed by atoms with Crippen molar-refractivity contribution in [2.24, 2.45) is 5.92 Å². The maximum absolute atomic E-state index is 11.5. The van der Waals surface area contributed by atoms with E-state index in [1.165, 1.54) is 6.92 Å². The minimum absolute atomic E-state index is 0.185. The number of hydrogen-bond acceptors (Lipinski definition) is 2. The van der Waals surface area contributed by atoms with E-state index in [2.05, 4.69) is 5.32 Å². The molecule has 0 fully saturated rings. The summed E-state index contributed by atoms with van der Waals surface area (Å²) in [5, 5.41) is 11.3. The molecule has 0 radical (unpaired) electrons. The van der Waals surface area contributed by atoms with Crippen molar-refractivity contribution in [2.75, 3.05) is 0 Å². The van der Waals surface area contributed by atoms with E-state index in [4.69, 9.17) is 5.11 Å². The fourth-order valence-electron chi connectivity index (χ4n) is 1.28. The smallest absolute Gasteiger partial charge is 0.315 e. The summed E-state index contributed by atoms with van der Waals surface area (Å²) in [6.07, 6.45) is 0. The van der Waals surface area contributed by atoms with Crippen molar-refractivity contribution in [2.45, 2.75) is 19.9 Å². The van der Waals surface area contributed by atoms with Crippen molar-refractivity contribution in [3.05, 3.63) is 35.9 Å². The number of aliphatic carboxylic acids is 1. The van der Waals surface area contributed by atoms with Crippen molar-refractivity contribution in [3.8, 4) is 0 Å². The second kappa shape index (κ2) is 5.30. The summed E-state index contributed by atoms with van der Waals surface area (Å²) in [4.78, 5) is 22.1. The van der Waals surface area contributed by atoms with Crippen molar-refractivity contribution in [1.82, 2.24) is 5.32 Å². The zero-order chi connectivity index (χ0) is 12.1. The number of amides is 1. The third kappa shape index (κ3) is 3.08. The van der Waals surface area contributed by atoms with Gasteiger partial charge in [-0.3, -0.25) is 9.59 Å². The van der Waals surface area contributed by atoms with Crippen LogP contribution in [0.3, 0.4) is 0 Å². The van der Waals surface area contributed by atoms with Gasteiger partial charge in [0.25, 0.3) is 0 Å². The van der Waals surface area contributed by atoms with Crippen LogP contribution in [-0.4, -0.2) is 17.0 Å². The maximum Gasteiger partial charge on any atom is 0.315 e. The third-order valence-corrected chi connectivity index (χ3v) is 2.42. The average molecular weight is 221 g/mol. The van der Waals surface area contributed by atoms with E-state index in [9.17, 15) is 9.59 Å². The predicted octanol–water partition coefficient (Wildman–Crippen LogP) is 1.58. The first-order chi connectivity index (χ1) is 7.52. The monoisotopic (exact) mass is 221 g/mol. The first kappa shape index (κ1) is 12.2. The van der Waals surface area contributed by atoms with Gasteiger partial charge in [0, 0.05) is 0 Å². The van der Waals surface area contributed by atoms with Crippen LogP contribution < -0.4 is 5.32 Å². The molecule has 1 unspecified atom stereocenters. The number of carbonyl (C=O) groups is 2. The summed E-state index contributed by atoms with van der Waals surface area (Å²) in [7, 11) is 0. The highest BCUT2D eigenvalue weighted by molar-refractivity contribution is 5.96. The lowest BCUT2D eigenvalue weighted by molar-refractivity contribution is -0.146. The van der Waals surface area contributed by atoms with Gasteiger partial charge in [-0.15, -0.1) is 0 Å². The van der Waals surface area contributed by atoms with Gasteiger partial charge in [0.2, 0.25) is 5.91 Å². The van der Waals surface area contributed by atoms with E-state index < -0.39 is 17.8 Å². The molecule has 0 aromatic heterocycles. The van der Waals surface area contributed by atoms with Gasteiger partial charge in [-0.05, 0) is 19.4 Å². The van der Waals surface area contributed by atoms with Crippen LogP contribution in [0.25, 0.3) is 0 Å². The van der Waals surface area contributed by atoms with Gasteiger partial charge >= 0.3 is 5.97 Å². The van der Waals surface area contributed by atoms with Gasteiger partial charge in [0.1, 0.15) is 5.92 Å². The Labute approximate surface area is 94.3 Å². The average Bonchev–Trinajstić information content (AvgIpc) is 2.28. The van der Waals surface area contributed by atoms with E-state index in [0.717, 1.165) is 5.56 Å². The molecule has 16 heavy (non-hydrogen) atoms. The molecular formula is C12H15NO3. The molecule has 0 saturated carbocycles. The Morgan fingerprint density at radius 2 is 1.75 bits per heavy atom. The molecule has 4 heteroatoms. The predicted molar refractivity (Wildman–Crippen MR) is 59.8 cm³/mol. The van der Waals surface area contributed by atoms with Gasteiger partial charge in [-0.25, -0.2) is 0 Å². The zero-order valence-electron chi connectivity index (χ0n) is 9.31. The van der Waals surface area contributed by atoms with Crippen LogP contribution in [0.4, 0.5) is 0 Å². The number of hydrogen-bond donors (Lipinski definition) is 2. The Bertz CT molecular complexity index is 375. The van der Waals surface area contributed by atoms with Crippen molar-refractivity contribution in [3.63, 3.8) is 0 Å². The molecule has 0 aliphatic rings. The molecule has 1 aromatic carbocycles. The molecule has 0 bridgehead atoms. The minimum Gasteiger partial charge on any atom is -0.481 e. The molecule has 86 valence electrons. The SMILES string of the molecule is CC(C(=O)O)C(=O)N[C@@H](C)c1ccccc1. The van der Waals surface area contributed by atoms with E-state index in [0.29, 0.717) is 0 Å². The normalized spacial score (nSPS) is 13.9. The number of nitrogens with one attached hydrogen (secondary N) is 1. The first-order valence-electron chi connectivity index (χ1n) is 5.10. The lowest BCUT2D eigenvalue weighted by Gasteiger charge is -2.15. The topological polar surface area (TPSA) is 66.4 Å². The van der Waals surface area contributed by atoms with Crippen molar-refractivity contribution in [1.29, 1.82) is 0 Å². The number of carboxylic acid groups (broad SMARTS) is 1. The molecule has 2 N–H and O–H groups in total. The summed E-state index contributed by atoms with van der Waals surface area (Å²) in [6.45, 7) is 3.19. The molecule has 1 amide bonds. The Morgan fingerprint density at radius 1 is 1.19 bits per heavy atom. The molecular weight excluding hydrogens is 206 g/mol. The number of carboxylic acids is 1. The number of benzene rings is 1. The standard InChI is InChI=1S/C12H15NO3/c1-8(12(15)16)11(14)13-9(2)10-6-4-3-5-7-10/h3-9H,1-2H3,(H,13,14)(H,15,16)/t8?,9-/m0/s1. The highest BCUT2D eigenvalue weighted by Gasteiger charge is 2.21. The second-order valence-electron chi connectivity index (χ2n) is 3.70. The highest BCUT2D eigenvalue weighted by Crippen LogP contribution is 2.11. The molecule has 4 nitrogen and oxygen atoms in total. The minimum atomic E-state index is -1.11. The lowest BCUT2D eigenvalue weighted by atomic mass is 10.1. The summed E-state index contributed by atoms with van der Waals surface area (Å²) in [6, 6.07) is 9.22. The van der Waals surface area contributed by atoms with Crippen LogP contribution in [-0.2, 0) is 9.59 Å². The third-order valence-electron chi connectivity index (χ3n) is 2.42. The van der Waals surface area contributed by atoms with E-state index >= 15 is 0 Å². The molecule has 0 aliphatic heterocycles. The molecule has 2 atom stereocenters. The summed E-state index contributed by atoms with van der Waals surface area (Å²) >= 11 is 0. The van der Waals surface area contributed by atoms with Crippen LogP contribution in [0.15, 0.2) is 30.3 Å². The van der Waals surface area contributed by atoms with Gasteiger partial charge in [-0.1, -0.05) is 30.3 Å². The Balaban J connectivity index is 2.62. The molecule has 0 spiro atoms. The quantitative estimate of drug-likeness (QED) is 0.759. The Hall–Kier alpha value is -1.84. The molecule has 1 aromatic rings. The van der Waals surface area contributed by atoms with Crippen LogP contribution in [0.1, 0.15) is 25.5 Å². The molecule has 0 aliphatic carbocycles. The Morgan fingerprint density at radius 3 is 2.25 bits per heavy atom. The number of rotatable bonds is 4. The fourth-order valence-corrected chi connectivity index (χ4v) is 1.28. The second-order valence-corrected chi connectivity index (χ2v) is 3.70. The molecule has 0 saturated heterocycles. The lowest BCUT2D eigenvalue weighted by Crippen LogP contribution is -2.35.